The number of halogens is 2. The summed E-state index contributed by atoms with van der Waals surface area (Å²) in [6.45, 7) is 0.666. The summed E-state index contributed by atoms with van der Waals surface area (Å²) in [5.74, 6) is 0.902. The third kappa shape index (κ3) is 2.51. The molecule has 3 N–H and O–H groups in total. The molecule has 2 aromatic rings. The quantitative estimate of drug-likeness (QED) is 0.802. The molecular weight excluding hydrogens is 295 g/mol. The van der Waals surface area contributed by atoms with Gasteiger partial charge in [0.15, 0.2) is 0 Å². The summed E-state index contributed by atoms with van der Waals surface area (Å²) in [5.41, 5.74) is 8.10. The maximum Gasteiger partial charge on any atom is 0.124 e. The normalized spacial score (nSPS) is 17.2. The Morgan fingerprint density at radius 1 is 1.15 bits per heavy atom. The fourth-order valence-corrected chi connectivity index (χ4v) is 3.01. The molecule has 0 fully saturated rings. The predicted molar refractivity (Wildman–Crippen MR) is 83.8 cm³/mol. The van der Waals surface area contributed by atoms with Gasteiger partial charge in [0.2, 0.25) is 0 Å². The van der Waals surface area contributed by atoms with Crippen molar-refractivity contribution in [2.45, 2.75) is 12.5 Å². The first-order chi connectivity index (χ1) is 9.65. The van der Waals surface area contributed by atoms with Gasteiger partial charge in [0.05, 0.1) is 28.4 Å². The molecule has 0 spiro atoms. The molecule has 20 heavy (non-hydrogen) atoms. The van der Waals surface area contributed by atoms with Crippen molar-refractivity contribution < 1.29 is 4.74 Å². The molecule has 104 valence electrons. The Morgan fingerprint density at radius 2 is 1.85 bits per heavy atom. The first-order valence-electron chi connectivity index (χ1n) is 6.38. The van der Waals surface area contributed by atoms with E-state index >= 15 is 0 Å². The van der Waals surface area contributed by atoms with Crippen LogP contribution in [0.2, 0.25) is 10.0 Å². The van der Waals surface area contributed by atoms with Gasteiger partial charge in [-0.05, 0) is 18.2 Å². The molecule has 1 aliphatic rings. The Balaban J connectivity index is 1.94. The van der Waals surface area contributed by atoms with Crippen molar-refractivity contribution in [2.24, 2.45) is 0 Å². The lowest BCUT2D eigenvalue weighted by atomic mass is 10.0. The highest BCUT2D eigenvalue weighted by atomic mass is 35.5. The van der Waals surface area contributed by atoms with Crippen LogP contribution in [0, 0.1) is 0 Å². The van der Waals surface area contributed by atoms with Gasteiger partial charge in [0, 0.05) is 17.7 Å². The van der Waals surface area contributed by atoms with Gasteiger partial charge in [-0.1, -0.05) is 41.4 Å². The predicted octanol–water partition coefficient (Wildman–Crippen LogP) is 4.51. The van der Waals surface area contributed by atoms with Crippen molar-refractivity contribution in [3.05, 3.63) is 52.0 Å². The second-order valence-corrected chi connectivity index (χ2v) is 5.55. The molecule has 1 aliphatic heterocycles. The molecule has 0 saturated carbocycles. The number of hydrogen-bond acceptors (Lipinski definition) is 3. The molecule has 1 atom stereocenters. The Bertz CT molecular complexity index is 623. The number of anilines is 2. The van der Waals surface area contributed by atoms with Crippen LogP contribution in [0.25, 0.3) is 0 Å². The summed E-state index contributed by atoms with van der Waals surface area (Å²) in [6.07, 6.45) is 0.855. The summed E-state index contributed by atoms with van der Waals surface area (Å²) >= 11 is 12.4. The third-order valence-electron chi connectivity index (χ3n) is 3.34. The number of hydrogen-bond donors (Lipinski definition) is 2. The number of nitrogens with one attached hydrogen (secondary N) is 1. The molecule has 3 rings (SSSR count). The summed E-state index contributed by atoms with van der Waals surface area (Å²) in [5, 5.41) is 4.46. The van der Waals surface area contributed by atoms with Crippen molar-refractivity contribution in [1.82, 2.24) is 0 Å². The van der Waals surface area contributed by atoms with Gasteiger partial charge in [-0.2, -0.15) is 0 Å². The third-order valence-corrected chi connectivity index (χ3v) is 3.94. The van der Waals surface area contributed by atoms with Crippen molar-refractivity contribution in [3.63, 3.8) is 0 Å². The van der Waals surface area contributed by atoms with Gasteiger partial charge in [0.25, 0.3) is 0 Å². The minimum Gasteiger partial charge on any atom is -0.493 e. The van der Waals surface area contributed by atoms with E-state index in [1.165, 1.54) is 0 Å². The molecule has 0 bridgehead atoms. The number of ether oxygens (including phenoxy) is 1. The maximum atomic E-state index is 6.22. The van der Waals surface area contributed by atoms with Crippen molar-refractivity contribution in [3.8, 4) is 5.75 Å². The molecule has 0 radical (unpaired) electrons. The Kier molecular flexibility index (Phi) is 3.64. The summed E-state index contributed by atoms with van der Waals surface area (Å²) in [6, 6.07) is 11.5. The van der Waals surface area contributed by atoms with Crippen molar-refractivity contribution in [2.75, 3.05) is 17.7 Å². The highest BCUT2D eigenvalue weighted by Gasteiger charge is 2.22. The molecule has 5 heteroatoms. The zero-order valence-corrected chi connectivity index (χ0v) is 12.2. The monoisotopic (exact) mass is 308 g/mol. The van der Waals surface area contributed by atoms with Gasteiger partial charge in [-0.3, -0.25) is 0 Å². The van der Waals surface area contributed by atoms with E-state index in [0.717, 1.165) is 17.7 Å². The Labute approximate surface area is 127 Å². The van der Waals surface area contributed by atoms with Gasteiger partial charge in [0.1, 0.15) is 5.75 Å². The number of rotatable bonds is 2. The lowest BCUT2D eigenvalue weighted by Crippen LogP contribution is -2.20. The van der Waals surface area contributed by atoms with Crippen LogP contribution in [0.15, 0.2) is 36.4 Å². The Hall–Kier alpha value is -1.58. The highest BCUT2D eigenvalue weighted by Crippen LogP contribution is 2.39. The van der Waals surface area contributed by atoms with Gasteiger partial charge >= 0.3 is 0 Å². The van der Waals surface area contributed by atoms with Crippen LogP contribution >= 0.6 is 23.2 Å². The maximum absolute atomic E-state index is 6.22. The Morgan fingerprint density at radius 3 is 2.60 bits per heavy atom. The van der Waals surface area contributed by atoms with Crippen molar-refractivity contribution >= 4 is 34.6 Å². The van der Waals surface area contributed by atoms with E-state index in [1.54, 1.807) is 12.1 Å². The number of benzene rings is 2. The SMILES string of the molecule is Nc1cc(Cl)c(NC2CCOc3ccccc32)c(Cl)c1. The van der Waals surface area contributed by atoms with E-state index in [4.69, 9.17) is 33.7 Å². The summed E-state index contributed by atoms with van der Waals surface area (Å²) in [7, 11) is 0. The fourth-order valence-electron chi connectivity index (χ4n) is 2.40. The fraction of sp³-hybridized carbons (Fsp3) is 0.200. The molecule has 1 unspecified atom stereocenters. The first kappa shape index (κ1) is 13.4. The molecule has 0 aliphatic carbocycles. The second kappa shape index (κ2) is 5.43. The van der Waals surface area contributed by atoms with Crippen LogP contribution in [0.3, 0.4) is 0 Å². The minimum atomic E-state index is 0.124. The zero-order chi connectivity index (χ0) is 14.1. The van der Waals surface area contributed by atoms with Crippen LogP contribution in [0.1, 0.15) is 18.0 Å². The molecule has 0 saturated heterocycles. The topological polar surface area (TPSA) is 47.3 Å². The molecule has 3 nitrogen and oxygen atoms in total. The van der Waals surface area contributed by atoms with Crippen LogP contribution in [-0.4, -0.2) is 6.61 Å². The smallest absolute Gasteiger partial charge is 0.124 e. The average molecular weight is 309 g/mol. The lowest BCUT2D eigenvalue weighted by molar-refractivity contribution is 0.274. The second-order valence-electron chi connectivity index (χ2n) is 4.73. The standard InChI is InChI=1S/C15H14Cl2N2O/c16-11-7-9(18)8-12(17)15(11)19-13-5-6-20-14-4-2-1-3-10(13)14/h1-4,7-8,13,19H,5-6,18H2. The van der Waals surface area contributed by atoms with E-state index in [9.17, 15) is 0 Å². The van der Waals surface area contributed by atoms with Crippen LogP contribution in [0.5, 0.6) is 5.75 Å². The highest BCUT2D eigenvalue weighted by molar-refractivity contribution is 6.39. The van der Waals surface area contributed by atoms with Crippen LogP contribution in [-0.2, 0) is 0 Å². The van der Waals surface area contributed by atoms with E-state index in [0.29, 0.717) is 28.0 Å². The average Bonchev–Trinajstić information content (AvgIpc) is 2.43. The van der Waals surface area contributed by atoms with E-state index < -0.39 is 0 Å². The minimum absolute atomic E-state index is 0.124. The van der Waals surface area contributed by atoms with E-state index in [-0.39, 0.29) is 6.04 Å². The molecule has 2 aromatic carbocycles. The lowest BCUT2D eigenvalue weighted by Gasteiger charge is -2.28. The summed E-state index contributed by atoms with van der Waals surface area (Å²) < 4.78 is 5.65. The van der Waals surface area contributed by atoms with Crippen LogP contribution in [0.4, 0.5) is 11.4 Å². The molecule has 0 amide bonds. The summed E-state index contributed by atoms with van der Waals surface area (Å²) in [4.78, 5) is 0. The molecule has 0 aromatic heterocycles. The molecular formula is C15H14Cl2N2O. The number of para-hydroxylation sites is 1. The molecule has 1 heterocycles. The van der Waals surface area contributed by atoms with Crippen LogP contribution < -0.4 is 15.8 Å². The largest absolute Gasteiger partial charge is 0.493 e. The number of fused-ring (bicyclic) bond motifs is 1. The van der Waals surface area contributed by atoms with Gasteiger partial charge < -0.3 is 15.8 Å². The van der Waals surface area contributed by atoms with E-state index in [1.807, 2.05) is 24.3 Å². The van der Waals surface area contributed by atoms with Crippen molar-refractivity contribution in [1.29, 1.82) is 0 Å². The van der Waals surface area contributed by atoms with E-state index in [2.05, 4.69) is 5.32 Å². The number of nitrogen functional groups attached to an aromatic ring is 1. The first-order valence-corrected chi connectivity index (χ1v) is 7.13. The van der Waals surface area contributed by atoms with Gasteiger partial charge in [-0.15, -0.1) is 0 Å². The number of nitrogens with two attached hydrogens (primary N) is 1. The van der Waals surface area contributed by atoms with Gasteiger partial charge in [-0.25, -0.2) is 0 Å². The zero-order valence-electron chi connectivity index (χ0n) is 10.7.